The van der Waals surface area contributed by atoms with Gasteiger partial charge in [-0.1, -0.05) is 133 Å². The summed E-state index contributed by atoms with van der Waals surface area (Å²) < 4.78 is 61.3. The van der Waals surface area contributed by atoms with Gasteiger partial charge < -0.3 is 4.42 Å². The van der Waals surface area contributed by atoms with Crippen molar-refractivity contribution in [2.45, 2.75) is 12.8 Å². The third-order valence-corrected chi connectivity index (χ3v) is 9.65. The Morgan fingerprint density at radius 1 is 0.511 bits per heavy atom. The van der Waals surface area contributed by atoms with Crippen molar-refractivity contribution >= 4 is 60.3 Å². The van der Waals surface area contributed by atoms with Gasteiger partial charge in [0, 0.05) is 10.8 Å². The van der Waals surface area contributed by atoms with Gasteiger partial charge in [0.2, 0.25) is 0 Å². The van der Waals surface area contributed by atoms with Gasteiger partial charge in [0.25, 0.3) is 0 Å². The summed E-state index contributed by atoms with van der Waals surface area (Å²) in [4.78, 5) is 0. The molecule has 0 saturated heterocycles. The summed E-state index contributed by atoms with van der Waals surface area (Å²) in [6.45, 7) is 0. The van der Waals surface area contributed by atoms with Crippen LogP contribution in [0.1, 0.15) is 25.8 Å². The zero-order chi connectivity index (χ0) is 36.1. The van der Waals surface area contributed by atoms with Gasteiger partial charge in [-0.2, -0.15) is 0 Å². The molecule has 0 unspecified atom stereocenters. The molecular formula is C46H30O. The first-order chi connectivity index (χ1) is 25.8. The predicted molar refractivity (Wildman–Crippen MR) is 200 cm³/mol. The van der Waals surface area contributed by atoms with Crippen LogP contribution in [-0.4, -0.2) is 0 Å². The standard InChI is InChI=1S/C46H30O/c1-2-12-29(13-3-1)33-23-24-40(35-17-7-6-16-34(33)35)46-38-20-10-8-18-36(38)45(37-19-9-11-21-39(37)46)32-22-25-43-41(27-32)42-26-30-14-4-5-15-31(30)28-44(42)47-43/h1-8,10-18,20-28H,9,19H2/i6D,7D,16D,17D,23D,24D. The Labute approximate surface area is 281 Å². The molecule has 1 heteroatoms. The van der Waals surface area contributed by atoms with Gasteiger partial charge in [-0.25, -0.2) is 0 Å². The lowest BCUT2D eigenvalue weighted by Gasteiger charge is -2.24. The van der Waals surface area contributed by atoms with E-state index in [0.717, 1.165) is 78.6 Å². The van der Waals surface area contributed by atoms with E-state index in [-0.39, 0.29) is 47.0 Å². The highest BCUT2D eigenvalue weighted by Gasteiger charge is 2.23. The Kier molecular flexibility index (Phi) is 4.60. The highest BCUT2D eigenvalue weighted by Crippen LogP contribution is 2.48. The first-order valence-electron chi connectivity index (χ1n) is 19.0. The Hall–Kier alpha value is -5.92. The molecule has 0 radical (unpaired) electrons. The number of hydrogen-bond acceptors (Lipinski definition) is 1. The molecule has 0 spiro atoms. The molecule has 9 aromatic rings. The Balaban J connectivity index is 1.33. The largest absolute Gasteiger partial charge is 0.456 e. The highest BCUT2D eigenvalue weighted by molar-refractivity contribution is 6.17. The lowest BCUT2D eigenvalue weighted by atomic mass is 9.79. The lowest BCUT2D eigenvalue weighted by Crippen LogP contribution is -2.03. The third-order valence-electron chi connectivity index (χ3n) is 9.65. The quantitative estimate of drug-likeness (QED) is 0.196. The Bertz CT molecular complexity index is 3070. The molecule has 220 valence electrons. The van der Waals surface area contributed by atoms with Gasteiger partial charge in [0.05, 0.1) is 8.22 Å². The number of benzene rings is 8. The molecule has 10 rings (SSSR count). The van der Waals surface area contributed by atoms with Crippen molar-refractivity contribution in [1.82, 2.24) is 0 Å². The molecule has 8 aromatic carbocycles. The number of fused-ring (bicyclic) bond motifs is 7. The van der Waals surface area contributed by atoms with Crippen LogP contribution in [0.15, 0.2) is 156 Å². The maximum absolute atomic E-state index is 9.64. The smallest absolute Gasteiger partial charge is 0.136 e. The molecule has 0 fully saturated rings. The number of furan rings is 1. The third kappa shape index (κ3) is 4.03. The molecule has 0 bridgehead atoms. The summed E-state index contributed by atoms with van der Waals surface area (Å²) in [5, 5.41) is 6.69. The first kappa shape index (κ1) is 21.0. The van der Waals surface area contributed by atoms with E-state index in [1.54, 1.807) is 0 Å². The monoisotopic (exact) mass is 604 g/mol. The molecule has 0 saturated carbocycles. The van der Waals surface area contributed by atoms with Gasteiger partial charge in [-0.3, -0.25) is 0 Å². The van der Waals surface area contributed by atoms with Crippen LogP contribution < -0.4 is 0 Å². The average Bonchev–Trinajstić information content (AvgIpc) is 3.55. The normalized spacial score (nSPS) is 14.6. The maximum Gasteiger partial charge on any atom is 0.136 e. The Morgan fingerprint density at radius 3 is 2.02 bits per heavy atom. The van der Waals surface area contributed by atoms with Crippen molar-refractivity contribution in [3.63, 3.8) is 0 Å². The molecule has 1 aliphatic rings. The lowest BCUT2D eigenvalue weighted by molar-refractivity contribution is 0.669. The van der Waals surface area contributed by atoms with E-state index in [2.05, 4.69) is 54.6 Å². The highest BCUT2D eigenvalue weighted by atomic mass is 16.3. The van der Waals surface area contributed by atoms with Crippen LogP contribution in [0.3, 0.4) is 0 Å². The molecule has 1 heterocycles. The topological polar surface area (TPSA) is 13.1 Å². The van der Waals surface area contributed by atoms with E-state index >= 15 is 0 Å². The van der Waals surface area contributed by atoms with Crippen LogP contribution in [0.4, 0.5) is 0 Å². The van der Waals surface area contributed by atoms with Crippen LogP contribution in [0.2, 0.25) is 0 Å². The second kappa shape index (κ2) is 10.3. The van der Waals surface area contributed by atoms with Crippen LogP contribution in [0.25, 0.3) is 93.7 Å². The van der Waals surface area contributed by atoms with Gasteiger partial charge >= 0.3 is 0 Å². The first-order valence-corrected chi connectivity index (χ1v) is 16.0. The van der Waals surface area contributed by atoms with E-state index in [1.165, 1.54) is 0 Å². The van der Waals surface area contributed by atoms with E-state index in [0.29, 0.717) is 22.3 Å². The molecule has 1 aromatic heterocycles. The second-order valence-corrected chi connectivity index (χ2v) is 12.3. The van der Waals surface area contributed by atoms with E-state index in [1.807, 2.05) is 66.7 Å². The summed E-state index contributed by atoms with van der Waals surface area (Å²) in [5.74, 6) is 0. The van der Waals surface area contributed by atoms with Crippen molar-refractivity contribution in [1.29, 1.82) is 0 Å². The van der Waals surface area contributed by atoms with Crippen LogP contribution in [-0.2, 0) is 6.42 Å². The molecule has 1 nitrogen and oxygen atoms in total. The average molecular weight is 605 g/mol. The van der Waals surface area contributed by atoms with Crippen molar-refractivity contribution in [3.05, 3.63) is 163 Å². The van der Waals surface area contributed by atoms with Crippen molar-refractivity contribution in [3.8, 4) is 33.4 Å². The summed E-state index contributed by atoms with van der Waals surface area (Å²) in [5.41, 5.74) is 7.82. The fourth-order valence-corrected chi connectivity index (χ4v) is 7.55. The zero-order valence-electron chi connectivity index (χ0n) is 31.4. The van der Waals surface area contributed by atoms with Crippen LogP contribution in [0, 0.1) is 0 Å². The number of rotatable bonds is 3. The molecular weight excluding hydrogens is 569 g/mol. The van der Waals surface area contributed by atoms with Crippen molar-refractivity contribution in [2.75, 3.05) is 0 Å². The van der Waals surface area contributed by atoms with Crippen LogP contribution in [0.5, 0.6) is 0 Å². The maximum atomic E-state index is 9.64. The summed E-state index contributed by atoms with van der Waals surface area (Å²) in [7, 11) is 0. The van der Waals surface area contributed by atoms with Gasteiger partial charge in [-0.15, -0.1) is 0 Å². The molecule has 1 aliphatic carbocycles. The van der Waals surface area contributed by atoms with Gasteiger partial charge in [0.15, 0.2) is 0 Å². The fourth-order valence-electron chi connectivity index (χ4n) is 7.55. The number of allylic oxidation sites excluding steroid dienone is 1. The minimum absolute atomic E-state index is 0.0704. The van der Waals surface area contributed by atoms with Crippen LogP contribution >= 0.6 is 0 Å². The zero-order valence-corrected chi connectivity index (χ0v) is 25.4. The minimum Gasteiger partial charge on any atom is -0.456 e. The fraction of sp³-hybridized carbons (Fsp3) is 0.0435. The molecule has 0 aliphatic heterocycles. The summed E-state index contributed by atoms with van der Waals surface area (Å²) in [6, 6.07) is 34.9. The van der Waals surface area contributed by atoms with E-state index in [4.69, 9.17) is 8.53 Å². The number of hydrogen-bond donors (Lipinski definition) is 0. The molecule has 0 amide bonds. The van der Waals surface area contributed by atoms with Gasteiger partial charge in [0.1, 0.15) is 11.2 Å². The second-order valence-electron chi connectivity index (χ2n) is 12.3. The minimum atomic E-state index is -0.362. The summed E-state index contributed by atoms with van der Waals surface area (Å²) >= 11 is 0. The Morgan fingerprint density at radius 2 is 1.19 bits per heavy atom. The summed E-state index contributed by atoms with van der Waals surface area (Å²) in [6.07, 6.45) is 5.79. The van der Waals surface area contributed by atoms with Crippen molar-refractivity contribution in [2.24, 2.45) is 0 Å². The van der Waals surface area contributed by atoms with E-state index in [9.17, 15) is 4.11 Å². The van der Waals surface area contributed by atoms with Gasteiger partial charge in [-0.05, 0) is 114 Å². The van der Waals surface area contributed by atoms with E-state index < -0.39 is 0 Å². The molecule has 0 atom stereocenters. The predicted octanol–water partition coefficient (Wildman–Crippen LogP) is 13.0. The SMILES string of the molecule is [2H]c1c([2H])c([2H])c2c(-c3c4c(c(-c5ccc6oc7cc8ccccc8cc7c6c5)c5ccccc35)CCC=C4)c([2H])c([2H])c(-c3ccccc3)c2c1[2H]. The van der Waals surface area contributed by atoms with Crippen molar-refractivity contribution < 1.29 is 12.6 Å². The molecule has 0 N–H and O–H groups in total. The molecule has 47 heavy (non-hydrogen) atoms.